The van der Waals surface area contributed by atoms with Gasteiger partial charge >= 0.3 is 6.18 Å². The van der Waals surface area contributed by atoms with Crippen LogP contribution in [0.1, 0.15) is 52.9 Å². The van der Waals surface area contributed by atoms with Crippen molar-refractivity contribution < 1.29 is 30.4 Å². The van der Waals surface area contributed by atoms with Crippen LogP contribution in [-0.4, -0.2) is 26.4 Å². The fraction of sp³-hybridized carbons (Fsp3) is 0.857. The molecule has 0 heterocycles. The summed E-state index contributed by atoms with van der Waals surface area (Å²) in [5.41, 5.74) is 0. The maximum absolute atomic E-state index is 12.9. The van der Waals surface area contributed by atoms with Gasteiger partial charge in [-0.2, -0.15) is 13.2 Å². The van der Waals surface area contributed by atoms with E-state index >= 15 is 0 Å². The summed E-state index contributed by atoms with van der Waals surface area (Å²) in [6.45, 7) is 4.61. The molecule has 0 aromatic rings. The van der Waals surface area contributed by atoms with Gasteiger partial charge in [0.15, 0.2) is 0 Å². The largest absolute Gasteiger partial charge is 0.391 e. The van der Waals surface area contributed by atoms with Crippen molar-refractivity contribution in [2.45, 2.75) is 64.3 Å². The van der Waals surface area contributed by atoms with Crippen molar-refractivity contribution in [3.8, 4) is 0 Å². The van der Waals surface area contributed by atoms with Gasteiger partial charge in [-0.3, -0.25) is 0 Å². The van der Waals surface area contributed by atoms with Crippen LogP contribution in [0.4, 0.5) is 22.0 Å². The number of nitrogens with one attached hydrogen (secondary N) is 1. The predicted octanol–water partition coefficient (Wildman–Crippen LogP) is 4.61. The molecule has 0 radical (unpaired) electrons. The van der Waals surface area contributed by atoms with Gasteiger partial charge in [0.1, 0.15) is 11.7 Å². The Hall–Kier alpha value is -0.700. The van der Waals surface area contributed by atoms with E-state index in [0.29, 0.717) is 0 Å². The lowest BCUT2D eigenvalue weighted by Crippen LogP contribution is -2.39. The molecule has 1 aliphatic carbocycles. The van der Waals surface area contributed by atoms with Crippen LogP contribution < -0.4 is 4.72 Å². The Labute approximate surface area is 134 Å². The summed E-state index contributed by atoms with van der Waals surface area (Å²) < 4.78 is 88.6. The van der Waals surface area contributed by atoms with Crippen molar-refractivity contribution in [2.75, 3.05) is 6.54 Å². The monoisotopic (exact) mass is 365 g/mol. The van der Waals surface area contributed by atoms with Gasteiger partial charge in [-0.25, -0.2) is 21.9 Å². The molecule has 1 rings (SSSR count). The Morgan fingerprint density at radius 2 is 1.57 bits per heavy atom. The van der Waals surface area contributed by atoms with Gasteiger partial charge in [-0.05, 0) is 32.6 Å². The van der Waals surface area contributed by atoms with Crippen LogP contribution in [-0.2, 0) is 10.0 Å². The molecule has 1 saturated carbocycles. The van der Waals surface area contributed by atoms with Crippen molar-refractivity contribution in [2.24, 2.45) is 5.92 Å². The predicted molar refractivity (Wildman–Crippen MR) is 79.6 cm³/mol. The van der Waals surface area contributed by atoms with Crippen LogP contribution in [0.5, 0.6) is 0 Å². The Morgan fingerprint density at radius 3 is 1.96 bits per heavy atom. The van der Waals surface area contributed by atoms with Crippen molar-refractivity contribution in [1.29, 1.82) is 0 Å². The van der Waals surface area contributed by atoms with Gasteiger partial charge in [0.25, 0.3) is 0 Å². The number of hydrogen-bond donors (Lipinski definition) is 1. The van der Waals surface area contributed by atoms with E-state index in [9.17, 15) is 30.4 Å². The highest BCUT2D eigenvalue weighted by Crippen LogP contribution is 2.38. The highest BCUT2D eigenvalue weighted by Gasteiger charge is 2.43. The van der Waals surface area contributed by atoms with E-state index in [-0.39, 0.29) is 32.2 Å². The molecule has 0 aliphatic heterocycles. The second-order valence-corrected chi connectivity index (χ2v) is 7.19. The fourth-order valence-corrected chi connectivity index (χ4v) is 3.81. The first-order chi connectivity index (χ1) is 10.5. The third-order valence-electron chi connectivity index (χ3n) is 3.60. The lowest BCUT2D eigenvalue weighted by atomic mass is 9.88. The molecular formula is C14H24F5NO2S. The van der Waals surface area contributed by atoms with Gasteiger partial charge in [0.2, 0.25) is 10.0 Å². The van der Waals surface area contributed by atoms with Crippen molar-refractivity contribution >= 4 is 10.0 Å². The van der Waals surface area contributed by atoms with Gasteiger partial charge in [0, 0.05) is 13.0 Å². The molecule has 1 fully saturated rings. The maximum Gasteiger partial charge on any atom is 0.391 e. The number of sulfonamides is 1. The van der Waals surface area contributed by atoms with E-state index in [1.807, 2.05) is 13.8 Å². The summed E-state index contributed by atoms with van der Waals surface area (Å²) in [7, 11) is -3.80. The van der Waals surface area contributed by atoms with Crippen LogP contribution in [0.25, 0.3) is 0 Å². The molecule has 138 valence electrons. The van der Waals surface area contributed by atoms with Crippen LogP contribution in [0.3, 0.4) is 0 Å². The highest BCUT2D eigenvalue weighted by molar-refractivity contribution is 7.90. The molecule has 0 amide bonds. The standard InChI is InChI=1S/C12H18F5NO2S.C2H6/c1-8(13)11(14)6-7-18-21(19,20)10-4-2-9(3-5-10)12(15,16)17;1-2/h9-10,18H,2-7H2,1H3;1-2H3/b11-8+;. The fourth-order valence-electron chi connectivity index (χ4n) is 2.29. The van der Waals surface area contributed by atoms with E-state index in [1.165, 1.54) is 0 Å². The van der Waals surface area contributed by atoms with Crippen LogP contribution >= 0.6 is 0 Å². The van der Waals surface area contributed by atoms with Crippen molar-refractivity contribution in [3.05, 3.63) is 11.7 Å². The summed E-state index contributed by atoms with van der Waals surface area (Å²) in [6.07, 6.45) is -5.34. The smallest absolute Gasteiger partial charge is 0.215 e. The molecule has 0 bridgehead atoms. The number of halogens is 5. The zero-order chi connectivity index (χ0) is 18.3. The molecular weight excluding hydrogens is 341 g/mol. The number of hydrogen-bond acceptors (Lipinski definition) is 2. The molecule has 0 unspecified atom stereocenters. The van der Waals surface area contributed by atoms with Crippen LogP contribution in [0.15, 0.2) is 11.7 Å². The third kappa shape index (κ3) is 7.60. The minimum Gasteiger partial charge on any atom is -0.215 e. The number of allylic oxidation sites excluding steroid dienone is 1. The second kappa shape index (κ2) is 9.56. The van der Waals surface area contributed by atoms with Crippen molar-refractivity contribution in [3.63, 3.8) is 0 Å². The Balaban J connectivity index is 0.00000232. The molecule has 1 N–H and O–H groups in total. The van der Waals surface area contributed by atoms with Crippen molar-refractivity contribution in [1.82, 2.24) is 4.72 Å². The molecule has 0 spiro atoms. The maximum atomic E-state index is 12.9. The molecule has 0 saturated heterocycles. The Kier molecular flexibility index (Phi) is 9.27. The van der Waals surface area contributed by atoms with E-state index in [2.05, 4.69) is 4.72 Å². The summed E-state index contributed by atoms with van der Waals surface area (Å²) in [5.74, 6) is -3.52. The van der Waals surface area contributed by atoms with E-state index in [0.717, 1.165) is 6.92 Å². The average Bonchev–Trinajstić information content (AvgIpc) is 2.48. The zero-order valence-corrected chi connectivity index (χ0v) is 14.3. The third-order valence-corrected chi connectivity index (χ3v) is 5.55. The van der Waals surface area contributed by atoms with E-state index in [4.69, 9.17) is 0 Å². The highest BCUT2D eigenvalue weighted by atomic mass is 32.2. The van der Waals surface area contributed by atoms with Gasteiger partial charge < -0.3 is 0 Å². The normalized spacial score (nSPS) is 23.7. The zero-order valence-electron chi connectivity index (χ0n) is 13.5. The van der Waals surface area contributed by atoms with Crippen LogP contribution in [0.2, 0.25) is 0 Å². The molecule has 3 nitrogen and oxygen atoms in total. The first-order valence-electron chi connectivity index (χ1n) is 7.60. The summed E-state index contributed by atoms with van der Waals surface area (Å²) in [6, 6.07) is 0. The number of alkyl halides is 3. The van der Waals surface area contributed by atoms with Gasteiger partial charge in [-0.1, -0.05) is 13.8 Å². The first-order valence-corrected chi connectivity index (χ1v) is 9.14. The lowest BCUT2D eigenvalue weighted by Gasteiger charge is -2.29. The van der Waals surface area contributed by atoms with Gasteiger partial charge in [0.05, 0.1) is 11.2 Å². The molecule has 1 aliphatic rings. The van der Waals surface area contributed by atoms with Gasteiger partial charge in [-0.15, -0.1) is 0 Å². The topological polar surface area (TPSA) is 46.2 Å². The van der Waals surface area contributed by atoms with Crippen LogP contribution in [0, 0.1) is 5.92 Å². The Bertz CT molecular complexity index is 476. The second-order valence-electron chi connectivity index (χ2n) is 5.14. The molecule has 0 atom stereocenters. The first kappa shape index (κ1) is 22.3. The quantitative estimate of drug-likeness (QED) is 0.723. The molecule has 23 heavy (non-hydrogen) atoms. The molecule has 9 heteroatoms. The minimum absolute atomic E-state index is 0.0834. The average molecular weight is 365 g/mol. The summed E-state index contributed by atoms with van der Waals surface area (Å²) in [5, 5.41) is -0.908. The Morgan fingerprint density at radius 1 is 1.09 bits per heavy atom. The summed E-state index contributed by atoms with van der Waals surface area (Å²) >= 11 is 0. The van der Waals surface area contributed by atoms with E-state index in [1.54, 1.807) is 0 Å². The molecule has 0 aromatic heterocycles. The summed E-state index contributed by atoms with van der Waals surface area (Å²) in [4.78, 5) is 0. The number of rotatable bonds is 5. The molecule has 0 aromatic carbocycles. The minimum atomic E-state index is -4.30. The lowest BCUT2D eigenvalue weighted by molar-refractivity contribution is -0.181. The van der Waals surface area contributed by atoms with E-state index < -0.39 is 45.4 Å². The SMILES string of the molecule is C/C(F)=C(\F)CCNS(=O)(=O)C1CCC(C(F)(F)F)CC1.CC.